The molecule has 2 fully saturated rings. The molecule has 0 radical (unpaired) electrons. The summed E-state index contributed by atoms with van der Waals surface area (Å²) >= 11 is 0. The zero-order valence-corrected chi connectivity index (χ0v) is 19.4. The summed E-state index contributed by atoms with van der Waals surface area (Å²) < 4.78 is 12.3. The third-order valence-electron chi connectivity index (χ3n) is 6.71. The molecular weight excluding hydrogens is 400 g/mol. The smallest absolute Gasteiger partial charge is 0.222 e. The Bertz CT molecular complexity index is 858. The molecule has 1 amide bonds. The molecule has 1 atom stereocenters. The molecule has 172 valence electrons. The number of nitrogens with one attached hydrogen (secondary N) is 1. The second-order valence-corrected chi connectivity index (χ2v) is 9.56. The van der Waals surface area contributed by atoms with Gasteiger partial charge in [0.25, 0.3) is 0 Å². The predicted molar refractivity (Wildman–Crippen MR) is 126 cm³/mol. The van der Waals surface area contributed by atoms with E-state index in [9.17, 15) is 4.79 Å². The second kappa shape index (κ2) is 10.5. The Labute approximate surface area is 192 Å². The Morgan fingerprint density at radius 3 is 2.47 bits per heavy atom. The van der Waals surface area contributed by atoms with E-state index in [2.05, 4.69) is 46.6 Å². The van der Waals surface area contributed by atoms with Gasteiger partial charge in [-0.3, -0.25) is 9.69 Å². The lowest BCUT2D eigenvalue weighted by atomic mass is 9.88. The van der Waals surface area contributed by atoms with Gasteiger partial charge in [0, 0.05) is 32.1 Å². The van der Waals surface area contributed by atoms with E-state index in [-0.39, 0.29) is 23.5 Å². The Balaban J connectivity index is 1.19. The molecule has 2 aromatic rings. The lowest BCUT2D eigenvalue weighted by molar-refractivity contribution is -0.125. The number of likely N-dealkylation sites (tertiary alicyclic amines) is 1. The molecule has 5 nitrogen and oxygen atoms in total. The average Bonchev–Trinajstić information content (AvgIpc) is 3.22. The summed E-state index contributed by atoms with van der Waals surface area (Å²) in [6.45, 7) is 8.15. The van der Waals surface area contributed by atoms with E-state index in [1.165, 1.54) is 11.1 Å². The lowest BCUT2D eigenvalue weighted by Crippen LogP contribution is -2.45. The fraction of sp³-hybridized carbons (Fsp3) is 0.519. The minimum atomic E-state index is 0.0128. The SMILES string of the molecule is CC(C)C(=O)NCC1CCC2(CCN(Cc3ccc(OCc4ccccc4)cc3)CC2)O1. The number of hydrogen-bond donors (Lipinski definition) is 1. The van der Waals surface area contributed by atoms with Crippen LogP contribution in [0.2, 0.25) is 0 Å². The van der Waals surface area contributed by atoms with Crippen molar-refractivity contribution >= 4 is 5.91 Å². The van der Waals surface area contributed by atoms with Gasteiger partial charge in [0.15, 0.2) is 0 Å². The molecule has 2 aliphatic rings. The number of hydrogen-bond acceptors (Lipinski definition) is 4. The summed E-state index contributed by atoms with van der Waals surface area (Å²) in [6, 6.07) is 18.7. The van der Waals surface area contributed by atoms with E-state index in [0.717, 1.165) is 51.1 Å². The number of carbonyl (C=O) groups is 1. The first-order valence-electron chi connectivity index (χ1n) is 11.9. The zero-order valence-electron chi connectivity index (χ0n) is 19.4. The summed E-state index contributed by atoms with van der Waals surface area (Å²) in [7, 11) is 0. The van der Waals surface area contributed by atoms with Crippen LogP contribution in [-0.2, 0) is 22.7 Å². The van der Waals surface area contributed by atoms with Gasteiger partial charge in [-0.25, -0.2) is 0 Å². The van der Waals surface area contributed by atoms with Gasteiger partial charge in [-0.15, -0.1) is 0 Å². The van der Waals surface area contributed by atoms with E-state index in [1.54, 1.807) is 0 Å². The topological polar surface area (TPSA) is 50.8 Å². The molecule has 0 bridgehead atoms. The molecule has 1 spiro atoms. The van der Waals surface area contributed by atoms with Crippen molar-refractivity contribution in [2.24, 2.45) is 5.92 Å². The van der Waals surface area contributed by atoms with Crippen LogP contribution in [0.4, 0.5) is 0 Å². The first-order chi connectivity index (χ1) is 15.5. The maximum absolute atomic E-state index is 11.8. The number of nitrogens with zero attached hydrogens (tertiary/aromatic N) is 1. The van der Waals surface area contributed by atoms with Crippen molar-refractivity contribution in [2.45, 2.75) is 64.4 Å². The molecule has 0 aromatic heterocycles. The maximum atomic E-state index is 11.8. The number of carbonyl (C=O) groups excluding carboxylic acids is 1. The van der Waals surface area contributed by atoms with E-state index in [1.807, 2.05) is 32.0 Å². The van der Waals surface area contributed by atoms with Crippen LogP contribution < -0.4 is 10.1 Å². The highest BCUT2D eigenvalue weighted by molar-refractivity contribution is 5.77. The number of ether oxygens (including phenoxy) is 2. The van der Waals surface area contributed by atoms with E-state index in [0.29, 0.717) is 13.2 Å². The Morgan fingerprint density at radius 2 is 1.78 bits per heavy atom. The lowest BCUT2D eigenvalue weighted by Gasteiger charge is -2.39. The average molecular weight is 437 g/mol. The van der Waals surface area contributed by atoms with Gasteiger partial charge in [0.2, 0.25) is 5.91 Å². The van der Waals surface area contributed by atoms with Gasteiger partial charge < -0.3 is 14.8 Å². The van der Waals surface area contributed by atoms with Crippen molar-refractivity contribution in [1.82, 2.24) is 10.2 Å². The number of piperidine rings is 1. The van der Waals surface area contributed by atoms with E-state index < -0.39 is 0 Å². The molecule has 2 saturated heterocycles. The van der Waals surface area contributed by atoms with Crippen molar-refractivity contribution in [2.75, 3.05) is 19.6 Å². The quantitative estimate of drug-likeness (QED) is 0.660. The first-order valence-corrected chi connectivity index (χ1v) is 11.9. The largest absolute Gasteiger partial charge is 0.489 e. The fourth-order valence-electron chi connectivity index (χ4n) is 4.63. The van der Waals surface area contributed by atoms with Crippen molar-refractivity contribution in [3.63, 3.8) is 0 Å². The number of amides is 1. The molecule has 5 heteroatoms. The van der Waals surface area contributed by atoms with E-state index in [4.69, 9.17) is 9.47 Å². The zero-order chi connectivity index (χ0) is 22.4. The minimum Gasteiger partial charge on any atom is -0.489 e. The Hall–Kier alpha value is -2.37. The fourth-order valence-corrected chi connectivity index (χ4v) is 4.63. The van der Waals surface area contributed by atoms with Crippen LogP contribution in [0.3, 0.4) is 0 Å². The second-order valence-electron chi connectivity index (χ2n) is 9.56. The molecular formula is C27H36N2O3. The van der Waals surface area contributed by atoms with Crippen LogP contribution in [0.25, 0.3) is 0 Å². The van der Waals surface area contributed by atoms with Gasteiger partial charge in [-0.1, -0.05) is 56.3 Å². The molecule has 1 N–H and O–H groups in total. The van der Waals surface area contributed by atoms with Gasteiger partial charge >= 0.3 is 0 Å². The predicted octanol–water partition coefficient (Wildman–Crippen LogP) is 4.55. The van der Waals surface area contributed by atoms with Gasteiger partial charge in [-0.05, 0) is 48.9 Å². The van der Waals surface area contributed by atoms with Gasteiger partial charge in [-0.2, -0.15) is 0 Å². The third kappa shape index (κ3) is 6.11. The van der Waals surface area contributed by atoms with Crippen molar-refractivity contribution in [1.29, 1.82) is 0 Å². The van der Waals surface area contributed by atoms with Gasteiger partial charge in [0.05, 0.1) is 11.7 Å². The van der Waals surface area contributed by atoms with Crippen molar-refractivity contribution in [3.8, 4) is 5.75 Å². The highest BCUT2D eigenvalue weighted by Gasteiger charge is 2.42. The van der Waals surface area contributed by atoms with Crippen LogP contribution in [0.5, 0.6) is 5.75 Å². The molecule has 4 rings (SSSR count). The van der Waals surface area contributed by atoms with Crippen LogP contribution in [0.1, 0.15) is 50.7 Å². The minimum absolute atomic E-state index is 0.0128. The summed E-state index contributed by atoms with van der Waals surface area (Å²) in [5.74, 6) is 1.05. The summed E-state index contributed by atoms with van der Waals surface area (Å²) in [5, 5.41) is 3.03. The van der Waals surface area contributed by atoms with Crippen LogP contribution in [0.15, 0.2) is 54.6 Å². The van der Waals surface area contributed by atoms with E-state index >= 15 is 0 Å². The standard InChI is InChI=1S/C27H36N2O3/c1-21(2)26(30)28-18-25-12-13-27(32-25)14-16-29(17-15-27)19-22-8-10-24(11-9-22)31-20-23-6-4-3-5-7-23/h3-11,21,25H,12-20H2,1-2H3,(H,28,30). The molecule has 2 aliphatic heterocycles. The van der Waals surface area contributed by atoms with Gasteiger partial charge in [0.1, 0.15) is 12.4 Å². The normalized spacial score (nSPS) is 20.5. The van der Waals surface area contributed by atoms with Crippen LogP contribution in [-0.4, -0.2) is 42.1 Å². The monoisotopic (exact) mass is 436 g/mol. The molecule has 1 unspecified atom stereocenters. The summed E-state index contributed by atoms with van der Waals surface area (Å²) in [5.41, 5.74) is 2.51. The number of rotatable bonds is 8. The van der Waals surface area contributed by atoms with Crippen molar-refractivity contribution < 1.29 is 14.3 Å². The Kier molecular flexibility index (Phi) is 7.48. The van der Waals surface area contributed by atoms with Crippen molar-refractivity contribution in [3.05, 3.63) is 65.7 Å². The van der Waals surface area contributed by atoms with Crippen LogP contribution >= 0.6 is 0 Å². The molecule has 0 saturated carbocycles. The molecule has 2 aromatic carbocycles. The highest BCUT2D eigenvalue weighted by Crippen LogP contribution is 2.39. The molecule has 32 heavy (non-hydrogen) atoms. The maximum Gasteiger partial charge on any atom is 0.222 e. The Morgan fingerprint density at radius 1 is 1.06 bits per heavy atom. The molecule has 0 aliphatic carbocycles. The summed E-state index contributed by atoms with van der Waals surface area (Å²) in [4.78, 5) is 14.3. The third-order valence-corrected chi connectivity index (χ3v) is 6.71. The first kappa shape index (κ1) is 22.8. The number of benzene rings is 2. The highest BCUT2D eigenvalue weighted by atomic mass is 16.5. The van der Waals surface area contributed by atoms with Crippen LogP contribution in [0, 0.1) is 5.92 Å². The molecule has 2 heterocycles. The summed E-state index contributed by atoms with van der Waals surface area (Å²) in [6.07, 6.45) is 4.45.